The average Bonchev–Trinajstić information content (AvgIpc) is 3.04. The van der Waals surface area contributed by atoms with Crippen molar-refractivity contribution in [2.45, 2.75) is 5.16 Å². The molecule has 6 nitrogen and oxygen atoms in total. The van der Waals surface area contributed by atoms with E-state index in [0.717, 1.165) is 10.0 Å². The number of nitrogens with one attached hydrogen (secondary N) is 1. The van der Waals surface area contributed by atoms with Crippen molar-refractivity contribution in [3.8, 4) is 22.9 Å². The summed E-state index contributed by atoms with van der Waals surface area (Å²) in [5.41, 5.74) is 1.20. The average molecular weight is 406 g/mol. The third-order valence-electron chi connectivity index (χ3n) is 3.22. The van der Waals surface area contributed by atoms with Gasteiger partial charge in [0.1, 0.15) is 0 Å². The highest BCUT2D eigenvalue weighted by molar-refractivity contribution is 9.10. The molecule has 0 saturated heterocycles. The molecule has 0 saturated carbocycles. The lowest BCUT2D eigenvalue weighted by molar-refractivity contribution is 0.102. The van der Waals surface area contributed by atoms with Crippen LogP contribution in [0.3, 0.4) is 0 Å². The lowest BCUT2D eigenvalue weighted by Gasteiger charge is -2.01. The van der Waals surface area contributed by atoms with Crippen LogP contribution in [0, 0.1) is 0 Å². The van der Waals surface area contributed by atoms with Gasteiger partial charge in [0.15, 0.2) is 23.1 Å². The Morgan fingerprint density at radius 1 is 1.17 bits per heavy atom. The van der Waals surface area contributed by atoms with Crippen molar-refractivity contribution in [3.05, 3.63) is 52.5 Å². The van der Waals surface area contributed by atoms with E-state index < -0.39 is 0 Å². The number of phenols is 2. The molecule has 0 bridgehead atoms. The van der Waals surface area contributed by atoms with Crippen LogP contribution in [-0.4, -0.2) is 36.9 Å². The van der Waals surface area contributed by atoms with Crippen LogP contribution in [0.4, 0.5) is 0 Å². The summed E-state index contributed by atoms with van der Waals surface area (Å²) in [6.45, 7) is 0. The minimum absolute atomic E-state index is 0.122. The van der Waals surface area contributed by atoms with Crippen molar-refractivity contribution in [3.63, 3.8) is 0 Å². The van der Waals surface area contributed by atoms with Crippen molar-refractivity contribution in [2.75, 3.05) is 5.75 Å². The first-order chi connectivity index (χ1) is 11.5. The first-order valence-corrected chi connectivity index (χ1v) is 8.68. The summed E-state index contributed by atoms with van der Waals surface area (Å²) in [5.74, 6) is -0.0364. The maximum Gasteiger partial charge on any atom is 0.209 e. The van der Waals surface area contributed by atoms with Gasteiger partial charge in [0, 0.05) is 15.6 Å². The van der Waals surface area contributed by atoms with Crippen LogP contribution in [-0.2, 0) is 0 Å². The summed E-state index contributed by atoms with van der Waals surface area (Å²) in [7, 11) is 0. The predicted octanol–water partition coefficient (Wildman–Crippen LogP) is 3.62. The number of phenolic OH excluding ortho intramolecular Hbond substituents is 2. The number of Topliss-reactive ketones (excluding diaryl/α,β-unsaturated/α-hetero) is 1. The number of rotatable bonds is 5. The summed E-state index contributed by atoms with van der Waals surface area (Å²) in [5, 5.41) is 26.1. The van der Waals surface area contributed by atoms with Gasteiger partial charge in [-0.3, -0.25) is 9.89 Å². The zero-order valence-corrected chi connectivity index (χ0v) is 14.6. The predicted molar refractivity (Wildman–Crippen MR) is 94.3 cm³/mol. The molecular weight excluding hydrogens is 394 g/mol. The van der Waals surface area contributed by atoms with E-state index in [4.69, 9.17) is 0 Å². The van der Waals surface area contributed by atoms with Crippen LogP contribution in [0.5, 0.6) is 11.5 Å². The lowest BCUT2D eigenvalue weighted by Crippen LogP contribution is -2.02. The van der Waals surface area contributed by atoms with Gasteiger partial charge in [0.25, 0.3) is 0 Å². The molecule has 0 amide bonds. The zero-order valence-electron chi connectivity index (χ0n) is 12.2. The van der Waals surface area contributed by atoms with E-state index in [1.165, 1.54) is 30.0 Å². The summed E-state index contributed by atoms with van der Waals surface area (Å²) in [4.78, 5) is 16.5. The fourth-order valence-electron chi connectivity index (χ4n) is 1.99. The van der Waals surface area contributed by atoms with Gasteiger partial charge in [-0.25, -0.2) is 4.98 Å². The molecule has 8 heteroatoms. The van der Waals surface area contributed by atoms with E-state index in [2.05, 4.69) is 31.1 Å². The Morgan fingerprint density at radius 3 is 2.71 bits per heavy atom. The molecule has 0 spiro atoms. The van der Waals surface area contributed by atoms with Gasteiger partial charge in [0.05, 0.1) is 5.75 Å². The summed E-state index contributed by atoms with van der Waals surface area (Å²) >= 11 is 4.65. The number of carbonyl (C=O) groups excluding carboxylic acids is 1. The standard InChI is InChI=1S/C16H12BrN3O3S/c17-11-4-2-1-3-10(11)15-18-16(20-19-15)24-8-14(23)9-5-6-12(21)13(22)7-9/h1-7,21-22H,8H2,(H,18,19,20). The Bertz CT molecular complexity index is 898. The monoisotopic (exact) mass is 405 g/mol. The van der Waals surface area contributed by atoms with Crippen LogP contribution in [0.2, 0.25) is 0 Å². The van der Waals surface area contributed by atoms with Crippen molar-refractivity contribution >= 4 is 33.5 Å². The maximum absolute atomic E-state index is 12.1. The highest BCUT2D eigenvalue weighted by Gasteiger charge is 2.13. The van der Waals surface area contributed by atoms with Gasteiger partial charge >= 0.3 is 0 Å². The summed E-state index contributed by atoms with van der Waals surface area (Å²) in [6.07, 6.45) is 0. The Morgan fingerprint density at radius 2 is 1.96 bits per heavy atom. The zero-order chi connectivity index (χ0) is 17.1. The van der Waals surface area contributed by atoms with E-state index >= 15 is 0 Å². The van der Waals surface area contributed by atoms with Crippen LogP contribution in [0.15, 0.2) is 52.1 Å². The number of hydrogen-bond acceptors (Lipinski definition) is 6. The van der Waals surface area contributed by atoms with E-state index in [1.807, 2.05) is 24.3 Å². The Balaban J connectivity index is 1.68. The number of nitrogens with zero attached hydrogens (tertiary/aromatic N) is 2. The number of ketones is 1. The largest absolute Gasteiger partial charge is 0.504 e. The van der Waals surface area contributed by atoms with Crippen LogP contribution in [0.1, 0.15) is 10.4 Å². The molecule has 0 unspecified atom stereocenters. The summed E-state index contributed by atoms with van der Waals surface area (Å²) in [6, 6.07) is 11.6. The highest BCUT2D eigenvalue weighted by atomic mass is 79.9. The van der Waals surface area contributed by atoms with Crippen LogP contribution < -0.4 is 0 Å². The van der Waals surface area contributed by atoms with Crippen molar-refractivity contribution < 1.29 is 15.0 Å². The number of aromatic hydroxyl groups is 2. The van der Waals surface area contributed by atoms with Gasteiger partial charge in [0.2, 0.25) is 5.16 Å². The number of hydrogen-bond donors (Lipinski definition) is 3. The second-order valence-electron chi connectivity index (χ2n) is 4.86. The SMILES string of the molecule is O=C(CSc1n[nH]c(-c2ccccc2Br)n1)c1ccc(O)c(O)c1. The molecular formula is C16H12BrN3O3S. The molecule has 0 fully saturated rings. The first-order valence-electron chi connectivity index (χ1n) is 6.90. The molecule has 0 radical (unpaired) electrons. The van der Waals surface area contributed by atoms with Crippen LogP contribution in [0.25, 0.3) is 11.4 Å². The Hall–Kier alpha value is -2.32. The molecule has 0 aliphatic carbocycles. The second-order valence-corrected chi connectivity index (χ2v) is 6.66. The minimum Gasteiger partial charge on any atom is -0.504 e. The number of aromatic nitrogens is 3. The molecule has 3 N–H and O–H groups in total. The molecule has 122 valence electrons. The molecule has 24 heavy (non-hydrogen) atoms. The number of carbonyl (C=O) groups is 1. The lowest BCUT2D eigenvalue weighted by atomic mass is 10.1. The van der Waals surface area contributed by atoms with E-state index in [1.54, 1.807) is 0 Å². The minimum atomic E-state index is -0.319. The van der Waals surface area contributed by atoms with Gasteiger partial charge in [-0.2, -0.15) is 0 Å². The molecule has 3 rings (SSSR count). The molecule has 0 atom stereocenters. The highest BCUT2D eigenvalue weighted by Crippen LogP contribution is 2.28. The number of thioether (sulfide) groups is 1. The maximum atomic E-state index is 12.1. The normalized spacial score (nSPS) is 10.7. The van der Waals surface area contributed by atoms with Gasteiger partial charge in [-0.15, -0.1) is 5.10 Å². The Kier molecular flexibility index (Phi) is 4.86. The van der Waals surface area contributed by atoms with Crippen molar-refractivity contribution in [1.82, 2.24) is 15.2 Å². The molecule has 2 aromatic carbocycles. The second kappa shape index (κ2) is 7.06. The topological polar surface area (TPSA) is 99.1 Å². The number of halogens is 1. The molecule has 0 aliphatic heterocycles. The third kappa shape index (κ3) is 3.60. The van der Waals surface area contributed by atoms with Crippen molar-refractivity contribution in [1.29, 1.82) is 0 Å². The van der Waals surface area contributed by atoms with Gasteiger partial charge < -0.3 is 10.2 Å². The van der Waals surface area contributed by atoms with E-state index in [0.29, 0.717) is 16.5 Å². The quantitative estimate of drug-likeness (QED) is 0.340. The number of H-pyrrole nitrogens is 1. The van der Waals surface area contributed by atoms with Crippen molar-refractivity contribution in [2.24, 2.45) is 0 Å². The van der Waals surface area contributed by atoms with Crippen LogP contribution >= 0.6 is 27.7 Å². The van der Waals surface area contributed by atoms with Gasteiger partial charge in [-0.1, -0.05) is 45.9 Å². The van der Waals surface area contributed by atoms with E-state index in [-0.39, 0.29) is 23.0 Å². The van der Waals surface area contributed by atoms with E-state index in [9.17, 15) is 15.0 Å². The fraction of sp³-hybridized carbons (Fsp3) is 0.0625. The first kappa shape index (κ1) is 16.5. The number of aromatic amines is 1. The Labute approximate surface area is 150 Å². The fourth-order valence-corrected chi connectivity index (χ4v) is 3.16. The molecule has 0 aliphatic rings. The smallest absolute Gasteiger partial charge is 0.209 e. The van der Waals surface area contributed by atoms with Gasteiger partial charge in [-0.05, 0) is 24.3 Å². The molecule has 1 aromatic heterocycles. The number of benzene rings is 2. The molecule has 1 heterocycles. The third-order valence-corrected chi connectivity index (χ3v) is 4.76. The summed E-state index contributed by atoms with van der Waals surface area (Å²) < 4.78 is 0.897. The molecule has 3 aromatic rings.